The van der Waals surface area contributed by atoms with Crippen LogP contribution in [0.25, 0.3) is 0 Å². The van der Waals surface area contributed by atoms with Gasteiger partial charge in [-0.25, -0.2) is 20.2 Å². The number of hydrogen-bond donors (Lipinski definition) is 3. The number of rotatable bonds is 5. The number of nitrogen functional groups attached to an aromatic ring is 1. The molecular weight excluding hydrogens is 293 g/mol. The third-order valence-corrected chi connectivity index (χ3v) is 3.29. The van der Waals surface area contributed by atoms with E-state index in [1.165, 1.54) is 12.1 Å². The summed E-state index contributed by atoms with van der Waals surface area (Å²) in [7, 11) is 0. The van der Waals surface area contributed by atoms with Crippen LogP contribution < -0.4 is 16.6 Å². The Labute approximate surface area is 127 Å². The van der Waals surface area contributed by atoms with E-state index in [-0.39, 0.29) is 5.02 Å². The summed E-state index contributed by atoms with van der Waals surface area (Å²) in [6.45, 7) is 3.87. The van der Waals surface area contributed by atoms with Gasteiger partial charge in [-0.05, 0) is 31.5 Å². The summed E-state index contributed by atoms with van der Waals surface area (Å²) in [6, 6.07) is 4.49. The highest BCUT2D eigenvalue weighted by molar-refractivity contribution is 6.30. The first-order valence-corrected chi connectivity index (χ1v) is 6.99. The van der Waals surface area contributed by atoms with Gasteiger partial charge in [-0.2, -0.15) is 0 Å². The fourth-order valence-electron chi connectivity index (χ4n) is 1.87. The van der Waals surface area contributed by atoms with Gasteiger partial charge >= 0.3 is 0 Å². The second kappa shape index (κ2) is 6.69. The molecule has 0 unspecified atom stereocenters. The first-order chi connectivity index (χ1) is 10.0. The molecule has 0 radical (unpaired) electrons. The van der Waals surface area contributed by atoms with E-state index in [4.69, 9.17) is 17.4 Å². The number of benzene rings is 1. The van der Waals surface area contributed by atoms with Crippen LogP contribution in [0.1, 0.15) is 24.7 Å². The Morgan fingerprint density at radius 1 is 1.29 bits per heavy atom. The van der Waals surface area contributed by atoms with Gasteiger partial charge in [0.25, 0.3) is 0 Å². The monoisotopic (exact) mass is 309 g/mol. The zero-order valence-electron chi connectivity index (χ0n) is 11.9. The molecule has 2 aromatic rings. The number of hydrazine groups is 1. The van der Waals surface area contributed by atoms with E-state index in [1.807, 2.05) is 13.8 Å². The summed E-state index contributed by atoms with van der Waals surface area (Å²) in [5, 5.41) is 3.15. The third kappa shape index (κ3) is 3.59. The normalized spacial score (nSPS) is 10.5. The molecule has 0 bridgehead atoms. The first-order valence-electron chi connectivity index (χ1n) is 6.61. The number of nitrogens with two attached hydrogens (primary N) is 1. The van der Waals surface area contributed by atoms with Crippen LogP contribution in [0.15, 0.2) is 18.2 Å². The number of hydrogen-bond acceptors (Lipinski definition) is 5. The molecule has 0 aliphatic heterocycles. The highest BCUT2D eigenvalue weighted by Gasteiger charge is 2.11. The number of nitrogens with zero attached hydrogens (tertiary/aromatic N) is 2. The van der Waals surface area contributed by atoms with E-state index in [1.54, 1.807) is 6.07 Å². The van der Waals surface area contributed by atoms with E-state index >= 15 is 0 Å². The van der Waals surface area contributed by atoms with Crippen LogP contribution in [0, 0.1) is 12.7 Å². The largest absolute Gasteiger partial charge is 0.340 e. The number of aryl methyl sites for hydroxylation is 1. The predicted molar refractivity (Wildman–Crippen MR) is 83.3 cm³/mol. The smallest absolute Gasteiger partial charge is 0.148 e. The van der Waals surface area contributed by atoms with Gasteiger partial charge < -0.3 is 10.7 Å². The van der Waals surface area contributed by atoms with E-state index in [9.17, 15) is 4.39 Å². The molecule has 1 aromatic heterocycles. The van der Waals surface area contributed by atoms with Crippen LogP contribution in [-0.2, 0) is 6.42 Å². The van der Waals surface area contributed by atoms with Crippen molar-refractivity contribution in [1.29, 1.82) is 0 Å². The van der Waals surface area contributed by atoms with Crippen molar-refractivity contribution < 1.29 is 4.39 Å². The molecule has 0 saturated heterocycles. The van der Waals surface area contributed by atoms with Crippen molar-refractivity contribution in [2.45, 2.75) is 26.7 Å². The Morgan fingerprint density at radius 2 is 2.00 bits per heavy atom. The minimum Gasteiger partial charge on any atom is -0.340 e. The Balaban J connectivity index is 2.37. The molecule has 21 heavy (non-hydrogen) atoms. The van der Waals surface area contributed by atoms with Crippen molar-refractivity contribution in [1.82, 2.24) is 9.97 Å². The van der Waals surface area contributed by atoms with Gasteiger partial charge in [0, 0.05) is 17.7 Å². The molecule has 5 nitrogen and oxygen atoms in total. The molecule has 4 N–H and O–H groups in total. The SMILES string of the molecule is CCCc1nc(NN)c(C)c(Nc2ccc(Cl)c(F)c2)n1. The van der Waals surface area contributed by atoms with Crippen LogP contribution in [0.5, 0.6) is 0 Å². The third-order valence-electron chi connectivity index (χ3n) is 2.98. The maximum atomic E-state index is 13.5. The Kier molecular flexibility index (Phi) is 4.93. The van der Waals surface area contributed by atoms with Gasteiger partial charge in [0.1, 0.15) is 23.3 Å². The Hall–Kier alpha value is -1.92. The average molecular weight is 310 g/mol. The molecule has 1 heterocycles. The molecule has 0 spiro atoms. The van der Waals surface area contributed by atoms with E-state index < -0.39 is 5.82 Å². The van der Waals surface area contributed by atoms with Crippen LogP contribution in [0.3, 0.4) is 0 Å². The van der Waals surface area contributed by atoms with Crippen molar-refractivity contribution in [2.24, 2.45) is 5.84 Å². The highest BCUT2D eigenvalue weighted by Crippen LogP contribution is 2.25. The minimum atomic E-state index is -0.487. The van der Waals surface area contributed by atoms with Crippen LogP contribution >= 0.6 is 11.6 Å². The lowest BCUT2D eigenvalue weighted by atomic mass is 10.2. The van der Waals surface area contributed by atoms with Crippen LogP contribution in [0.2, 0.25) is 5.02 Å². The van der Waals surface area contributed by atoms with Gasteiger partial charge in [0.15, 0.2) is 0 Å². The van der Waals surface area contributed by atoms with Crippen molar-refractivity contribution in [3.8, 4) is 0 Å². The standard InChI is InChI=1S/C14H17ClFN5/c1-3-4-12-19-13(8(2)14(20-12)21-17)18-9-5-6-10(15)11(16)7-9/h5-7H,3-4,17H2,1-2H3,(H2,18,19,20,21). The lowest BCUT2D eigenvalue weighted by molar-refractivity contribution is 0.629. The number of halogens is 2. The molecular formula is C14H17ClFN5. The molecule has 0 fully saturated rings. The van der Waals surface area contributed by atoms with Crippen molar-refractivity contribution in [3.05, 3.63) is 40.4 Å². The maximum absolute atomic E-state index is 13.5. The fourth-order valence-corrected chi connectivity index (χ4v) is 1.99. The van der Waals surface area contributed by atoms with Crippen LogP contribution in [-0.4, -0.2) is 9.97 Å². The lowest BCUT2D eigenvalue weighted by Crippen LogP contribution is -2.14. The first kappa shape index (κ1) is 15.5. The molecule has 0 atom stereocenters. The Bertz CT molecular complexity index is 648. The lowest BCUT2D eigenvalue weighted by Gasteiger charge is -2.13. The predicted octanol–water partition coefficient (Wildman–Crippen LogP) is 3.56. The molecule has 7 heteroatoms. The van der Waals surface area contributed by atoms with E-state index in [2.05, 4.69) is 20.7 Å². The average Bonchev–Trinajstić information content (AvgIpc) is 2.46. The van der Waals surface area contributed by atoms with Gasteiger partial charge in [0.2, 0.25) is 0 Å². The quantitative estimate of drug-likeness (QED) is 0.581. The number of nitrogens with one attached hydrogen (secondary N) is 2. The van der Waals surface area contributed by atoms with Gasteiger partial charge in [-0.15, -0.1) is 0 Å². The summed E-state index contributed by atoms with van der Waals surface area (Å²) in [6.07, 6.45) is 1.65. The number of anilines is 3. The Morgan fingerprint density at radius 3 is 2.62 bits per heavy atom. The zero-order valence-corrected chi connectivity index (χ0v) is 12.6. The van der Waals surface area contributed by atoms with E-state index in [0.717, 1.165) is 18.4 Å². The maximum Gasteiger partial charge on any atom is 0.148 e. The second-order valence-electron chi connectivity index (χ2n) is 4.61. The summed E-state index contributed by atoms with van der Waals surface area (Å²) >= 11 is 5.67. The van der Waals surface area contributed by atoms with Gasteiger partial charge in [-0.3, -0.25) is 0 Å². The summed E-state index contributed by atoms with van der Waals surface area (Å²) < 4.78 is 13.5. The van der Waals surface area contributed by atoms with Crippen molar-refractivity contribution in [2.75, 3.05) is 10.7 Å². The highest BCUT2D eigenvalue weighted by atomic mass is 35.5. The molecule has 1 aromatic carbocycles. The number of aromatic nitrogens is 2. The summed E-state index contributed by atoms with van der Waals surface area (Å²) in [4.78, 5) is 8.78. The topological polar surface area (TPSA) is 75.9 Å². The zero-order chi connectivity index (χ0) is 15.4. The summed E-state index contributed by atoms with van der Waals surface area (Å²) in [5.74, 6) is 6.80. The van der Waals surface area contributed by atoms with E-state index in [0.29, 0.717) is 23.1 Å². The molecule has 0 aliphatic carbocycles. The molecule has 112 valence electrons. The van der Waals surface area contributed by atoms with Crippen molar-refractivity contribution >= 4 is 28.9 Å². The summed E-state index contributed by atoms with van der Waals surface area (Å²) in [5.41, 5.74) is 3.87. The molecule has 0 amide bonds. The molecule has 0 saturated carbocycles. The molecule has 2 rings (SSSR count). The second-order valence-corrected chi connectivity index (χ2v) is 5.02. The molecule has 0 aliphatic rings. The van der Waals surface area contributed by atoms with Crippen molar-refractivity contribution in [3.63, 3.8) is 0 Å². The van der Waals surface area contributed by atoms with Gasteiger partial charge in [-0.1, -0.05) is 18.5 Å². The fraction of sp³-hybridized carbons (Fsp3) is 0.286. The van der Waals surface area contributed by atoms with Crippen LogP contribution in [0.4, 0.5) is 21.7 Å². The minimum absolute atomic E-state index is 0.0796. The van der Waals surface area contributed by atoms with Gasteiger partial charge in [0.05, 0.1) is 5.02 Å².